The molecular weight excluding hydrogens is 327 g/mol. The van der Waals surface area contributed by atoms with E-state index in [4.69, 9.17) is 23.2 Å². The van der Waals surface area contributed by atoms with E-state index in [1.807, 2.05) is 12.1 Å². The highest BCUT2D eigenvalue weighted by Gasteiger charge is 2.16. The highest BCUT2D eigenvalue weighted by molar-refractivity contribution is 6.99. The molecule has 0 N–H and O–H groups in total. The molecule has 2 aromatic carbocycles. The summed E-state index contributed by atoms with van der Waals surface area (Å²) in [7, 11) is 0. The topological polar surface area (TPSA) is 42.9 Å². The van der Waals surface area contributed by atoms with Crippen LogP contribution in [-0.4, -0.2) is 8.75 Å². The first-order chi connectivity index (χ1) is 10.2. The Bertz CT molecular complexity index is 797. The summed E-state index contributed by atoms with van der Waals surface area (Å²) in [5, 5.41) is 0.955. The van der Waals surface area contributed by atoms with Crippen LogP contribution in [0.1, 0.15) is 0 Å². The molecule has 0 aliphatic heterocycles. The van der Waals surface area contributed by atoms with Gasteiger partial charge in [0, 0.05) is 11.1 Å². The first-order valence-electron chi connectivity index (χ1n) is 6.05. The quantitative estimate of drug-likeness (QED) is 0.690. The van der Waals surface area contributed by atoms with Crippen LogP contribution >= 0.6 is 34.9 Å². The molecule has 0 saturated carbocycles. The van der Waals surface area contributed by atoms with Crippen LogP contribution in [0.25, 0.3) is 22.5 Å². The molecule has 1 heterocycles. The molecule has 0 spiro atoms. The molecule has 3 rings (SSSR count). The van der Waals surface area contributed by atoms with E-state index in [9.17, 15) is 4.79 Å². The zero-order chi connectivity index (χ0) is 14.8. The molecule has 0 aliphatic carbocycles. The van der Waals surface area contributed by atoms with Crippen LogP contribution in [0, 0.1) is 0 Å². The third-order valence-corrected chi connectivity index (χ3v) is 4.14. The van der Waals surface area contributed by atoms with Gasteiger partial charge in [0.1, 0.15) is 11.4 Å². The van der Waals surface area contributed by atoms with E-state index in [2.05, 4.69) is 8.75 Å². The summed E-state index contributed by atoms with van der Waals surface area (Å²) >= 11 is 13.2. The van der Waals surface area contributed by atoms with Gasteiger partial charge in [-0.3, -0.25) is 4.79 Å². The summed E-state index contributed by atoms with van der Waals surface area (Å²) in [5.74, 6) is 0. The first-order valence-corrected chi connectivity index (χ1v) is 7.54. The average Bonchev–Trinajstić information content (AvgIpc) is 2.49. The standard InChI is InChI=1S/C15H8Cl2N2OS/c16-11-7-3-1-5-9(11)13-15(20)14(19-21-18-13)10-6-2-4-8-12(10)17/h1-8H. The molecule has 0 unspecified atom stereocenters. The number of rotatable bonds is 2. The number of nitrogens with zero attached hydrogens (tertiary/aromatic N) is 2. The fourth-order valence-corrected chi connectivity index (χ4v) is 2.96. The Morgan fingerprint density at radius 2 is 1.19 bits per heavy atom. The molecule has 0 amide bonds. The van der Waals surface area contributed by atoms with Crippen molar-refractivity contribution in [3.8, 4) is 22.5 Å². The van der Waals surface area contributed by atoms with Gasteiger partial charge in [-0.2, -0.15) is 8.75 Å². The fraction of sp³-hybridized carbons (Fsp3) is 0. The molecule has 3 nitrogen and oxygen atoms in total. The van der Waals surface area contributed by atoms with Gasteiger partial charge in [0.25, 0.3) is 0 Å². The lowest BCUT2D eigenvalue weighted by atomic mass is 10.1. The molecule has 0 radical (unpaired) electrons. The minimum atomic E-state index is -0.282. The third kappa shape index (κ3) is 2.70. The second-order valence-electron chi connectivity index (χ2n) is 4.25. The summed E-state index contributed by atoms with van der Waals surface area (Å²) in [5.41, 5.74) is 1.48. The molecule has 0 aliphatic rings. The molecule has 6 heteroatoms. The predicted octanol–water partition coefficient (Wildman–Crippen LogP) is 4.54. The minimum Gasteiger partial charge on any atom is -0.285 e. The van der Waals surface area contributed by atoms with Crippen LogP contribution in [-0.2, 0) is 0 Å². The lowest BCUT2D eigenvalue weighted by molar-refractivity contribution is 1.34. The zero-order valence-corrected chi connectivity index (χ0v) is 12.9. The van der Waals surface area contributed by atoms with Gasteiger partial charge in [-0.15, -0.1) is 0 Å². The van der Waals surface area contributed by atoms with E-state index < -0.39 is 0 Å². The van der Waals surface area contributed by atoms with E-state index in [0.717, 1.165) is 11.7 Å². The van der Waals surface area contributed by atoms with Crippen molar-refractivity contribution in [2.45, 2.75) is 0 Å². The Morgan fingerprint density at radius 1 is 0.762 bits per heavy atom. The number of hydrogen-bond acceptors (Lipinski definition) is 4. The molecule has 0 bridgehead atoms. The Labute approximate surface area is 135 Å². The van der Waals surface area contributed by atoms with Crippen molar-refractivity contribution in [2.24, 2.45) is 0 Å². The second-order valence-corrected chi connectivity index (χ2v) is 5.59. The van der Waals surface area contributed by atoms with Gasteiger partial charge in [-0.25, -0.2) is 0 Å². The normalized spacial score (nSPS) is 10.6. The van der Waals surface area contributed by atoms with Crippen LogP contribution in [0.5, 0.6) is 0 Å². The van der Waals surface area contributed by atoms with E-state index in [1.54, 1.807) is 36.4 Å². The second kappa shape index (κ2) is 5.93. The molecule has 0 atom stereocenters. The maximum Gasteiger partial charge on any atom is 0.233 e. The van der Waals surface area contributed by atoms with Crippen molar-refractivity contribution < 1.29 is 0 Å². The Morgan fingerprint density at radius 3 is 1.62 bits per heavy atom. The summed E-state index contributed by atoms with van der Waals surface area (Å²) < 4.78 is 8.23. The summed E-state index contributed by atoms with van der Waals surface area (Å²) in [4.78, 5) is 12.6. The molecule has 3 aromatic rings. The Balaban J connectivity index is 2.24. The van der Waals surface area contributed by atoms with Gasteiger partial charge in [0.2, 0.25) is 5.43 Å². The number of hydrogen-bond donors (Lipinski definition) is 0. The highest BCUT2D eigenvalue weighted by Crippen LogP contribution is 2.28. The van der Waals surface area contributed by atoms with Gasteiger partial charge >= 0.3 is 0 Å². The highest BCUT2D eigenvalue weighted by atomic mass is 35.5. The first kappa shape index (κ1) is 14.2. The molecule has 21 heavy (non-hydrogen) atoms. The summed E-state index contributed by atoms with van der Waals surface area (Å²) in [6.07, 6.45) is 0. The Hall–Kier alpha value is -1.75. The molecule has 0 saturated heterocycles. The van der Waals surface area contributed by atoms with Gasteiger partial charge in [-0.05, 0) is 12.1 Å². The van der Waals surface area contributed by atoms with Crippen molar-refractivity contribution >= 4 is 34.9 Å². The van der Waals surface area contributed by atoms with E-state index in [0.29, 0.717) is 21.2 Å². The largest absolute Gasteiger partial charge is 0.285 e. The maximum atomic E-state index is 12.6. The van der Waals surface area contributed by atoms with Crippen LogP contribution < -0.4 is 5.43 Å². The van der Waals surface area contributed by atoms with Crippen molar-refractivity contribution in [1.82, 2.24) is 8.75 Å². The molecular formula is C15H8Cl2N2OS. The lowest BCUT2D eigenvalue weighted by Crippen LogP contribution is -2.11. The SMILES string of the molecule is O=c1c(-c2ccccc2Cl)nsnc1-c1ccccc1Cl. The predicted molar refractivity (Wildman–Crippen MR) is 87.1 cm³/mol. The molecule has 104 valence electrons. The van der Waals surface area contributed by atoms with Crippen molar-refractivity contribution in [1.29, 1.82) is 0 Å². The maximum absolute atomic E-state index is 12.6. The van der Waals surface area contributed by atoms with Crippen LogP contribution in [0.15, 0.2) is 53.3 Å². The zero-order valence-electron chi connectivity index (χ0n) is 10.6. The minimum absolute atomic E-state index is 0.282. The lowest BCUT2D eigenvalue weighted by Gasteiger charge is -2.05. The van der Waals surface area contributed by atoms with Gasteiger partial charge in [-0.1, -0.05) is 59.6 Å². The van der Waals surface area contributed by atoms with Crippen molar-refractivity contribution in [3.05, 3.63) is 68.8 Å². The van der Waals surface area contributed by atoms with Crippen molar-refractivity contribution in [3.63, 3.8) is 0 Å². The monoisotopic (exact) mass is 334 g/mol. The summed E-state index contributed by atoms with van der Waals surface area (Å²) in [6, 6.07) is 14.2. The van der Waals surface area contributed by atoms with Crippen LogP contribution in [0.4, 0.5) is 0 Å². The number of aromatic nitrogens is 2. The summed E-state index contributed by atoms with van der Waals surface area (Å²) in [6.45, 7) is 0. The van der Waals surface area contributed by atoms with Crippen molar-refractivity contribution in [2.75, 3.05) is 0 Å². The molecule has 1 aromatic heterocycles. The Kier molecular flexibility index (Phi) is 4.01. The number of halogens is 2. The van der Waals surface area contributed by atoms with Crippen LogP contribution in [0.3, 0.4) is 0 Å². The fourth-order valence-electron chi connectivity index (χ4n) is 1.95. The van der Waals surface area contributed by atoms with Gasteiger partial charge in [0.15, 0.2) is 0 Å². The van der Waals surface area contributed by atoms with E-state index in [-0.39, 0.29) is 16.8 Å². The van der Waals surface area contributed by atoms with Crippen LogP contribution in [0.2, 0.25) is 10.0 Å². The third-order valence-electron chi connectivity index (χ3n) is 2.95. The molecule has 0 fully saturated rings. The van der Waals surface area contributed by atoms with E-state index >= 15 is 0 Å². The average molecular weight is 335 g/mol. The van der Waals surface area contributed by atoms with Gasteiger partial charge in [0.05, 0.1) is 21.8 Å². The number of benzene rings is 2. The van der Waals surface area contributed by atoms with E-state index in [1.165, 1.54) is 0 Å². The van der Waals surface area contributed by atoms with Gasteiger partial charge < -0.3 is 0 Å². The smallest absolute Gasteiger partial charge is 0.233 e.